The summed E-state index contributed by atoms with van der Waals surface area (Å²) in [7, 11) is 0. The van der Waals surface area contributed by atoms with E-state index >= 15 is 0 Å². The van der Waals surface area contributed by atoms with Gasteiger partial charge in [-0.2, -0.15) is 0 Å². The Morgan fingerprint density at radius 1 is 1.67 bits per heavy atom. The summed E-state index contributed by atoms with van der Waals surface area (Å²) in [6.07, 6.45) is 4.32. The lowest BCUT2D eigenvalue weighted by Gasteiger charge is -2.19. The molecule has 1 fully saturated rings. The Balaban J connectivity index is 1.86. The highest BCUT2D eigenvalue weighted by Crippen LogP contribution is 2.29. The van der Waals surface area contributed by atoms with Crippen molar-refractivity contribution in [1.82, 2.24) is 4.98 Å². The molecule has 1 aromatic rings. The Labute approximate surface area is 80.3 Å². The van der Waals surface area contributed by atoms with Crippen LogP contribution in [0.3, 0.4) is 0 Å². The molecule has 66 valence electrons. The van der Waals surface area contributed by atoms with E-state index in [2.05, 4.69) is 4.98 Å². The third-order valence-corrected chi connectivity index (χ3v) is 3.95. The number of rotatable bonds is 2. The van der Waals surface area contributed by atoms with Gasteiger partial charge in [0.25, 0.3) is 0 Å². The Morgan fingerprint density at radius 3 is 3.33 bits per heavy atom. The van der Waals surface area contributed by atoms with E-state index in [1.54, 1.807) is 11.3 Å². The van der Waals surface area contributed by atoms with E-state index in [0.29, 0.717) is 5.25 Å². The van der Waals surface area contributed by atoms with Gasteiger partial charge in [-0.15, -0.1) is 11.3 Å². The van der Waals surface area contributed by atoms with Gasteiger partial charge in [0.15, 0.2) is 0 Å². The molecule has 0 saturated carbocycles. The summed E-state index contributed by atoms with van der Waals surface area (Å²) >= 11 is 3.57. The van der Waals surface area contributed by atoms with Gasteiger partial charge in [-0.25, -0.2) is 4.98 Å². The fourth-order valence-corrected chi connectivity index (χ4v) is 3.23. The maximum atomic E-state index is 5.39. The first-order chi connectivity index (χ1) is 5.95. The van der Waals surface area contributed by atoms with E-state index in [4.69, 9.17) is 4.74 Å². The summed E-state index contributed by atoms with van der Waals surface area (Å²) in [6.45, 7) is 1.83. The second-order valence-electron chi connectivity index (χ2n) is 2.76. The van der Waals surface area contributed by atoms with E-state index in [1.807, 2.05) is 23.3 Å². The molecule has 12 heavy (non-hydrogen) atoms. The maximum absolute atomic E-state index is 5.39. The third-order valence-electron chi connectivity index (χ3n) is 1.80. The van der Waals surface area contributed by atoms with Crippen LogP contribution in [0, 0.1) is 0 Å². The first-order valence-electron chi connectivity index (χ1n) is 4.09. The topological polar surface area (TPSA) is 22.1 Å². The molecule has 0 aromatic carbocycles. The summed E-state index contributed by atoms with van der Waals surface area (Å²) in [5.74, 6) is 0. The fourth-order valence-electron chi connectivity index (χ4n) is 1.22. The highest BCUT2D eigenvalue weighted by atomic mass is 32.2. The van der Waals surface area contributed by atoms with Crippen molar-refractivity contribution in [2.24, 2.45) is 0 Å². The van der Waals surface area contributed by atoms with Gasteiger partial charge in [0.05, 0.1) is 6.61 Å². The van der Waals surface area contributed by atoms with Crippen LogP contribution in [0.15, 0.2) is 15.9 Å². The average Bonchev–Trinajstić information content (AvgIpc) is 2.59. The zero-order chi connectivity index (χ0) is 8.23. The Bertz CT molecular complexity index is 219. The number of aromatic nitrogens is 1. The van der Waals surface area contributed by atoms with Crippen molar-refractivity contribution in [2.45, 2.75) is 22.4 Å². The third kappa shape index (κ3) is 2.21. The number of ether oxygens (including phenoxy) is 1. The number of thiazole rings is 1. The molecule has 1 aliphatic rings. The molecule has 4 heteroatoms. The SMILES string of the molecule is c1csc(SC2CCCOC2)n1. The fraction of sp³-hybridized carbons (Fsp3) is 0.625. The van der Waals surface area contributed by atoms with Crippen molar-refractivity contribution in [3.8, 4) is 0 Å². The van der Waals surface area contributed by atoms with Crippen LogP contribution >= 0.6 is 23.1 Å². The quantitative estimate of drug-likeness (QED) is 0.733. The molecular weight excluding hydrogens is 190 g/mol. The Hall–Kier alpha value is -0.0600. The minimum Gasteiger partial charge on any atom is -0.380 e. The Kier molecular flexibility index (Phi) is 3.03. The minimum absolute atomic E-state index is 0.630. The van der Waals surface area contributed by atoms with Crippen molar-refractivity contribution in [2.75, 3.05) is 13.2 Å². The molecule has 2 heterocycles. The van der Waals surface area contributed by atoms with Crippen molar-refractivity contribution >= 4 is 23.1 Å². The molecule has 1 aromatic heterocycles. The molecule has 2 nitrogen and oxygen atoms in total. The van der Waals surface area contributed by atoms with E-state index < -0.39 is 0 Å². The van der Waals surface area contributed by atoms with Crippen LogP contribution < -0.4 is 0 Å². The van der Waals surface area contributed by atoms with Crippen molar-refractivity contribution in [1.29, 1.82) is 0 Å². The highest BCUT2D eigenvalue weighted by molar-refractivity contribution is 8.01. The number of hydrogen-bond donors (Lipinski definition) is 0. The van der Waals surface area contributed by atoms with Gasteiger partial charge < -0.3 is 4.74 Å². The molecular formula is C8H11NOS2. The molecule has 0 spiro atoms. The van der Waals surface area contributed by atoms with Crippen LogP contribution in [0.4, 0.5) is 0 Å². The van der Waals surface area contributed by atoms with Crippen LogP contribution in [0.25, 0.3) is 0 Å². The zero-order valence-corrected chi connectivity index (χ0v) is 8.37. The van der Waals surface area contributed by atoms with Gasteiger partial charge in [-0.1, -0.05) is 11.8 Å². The van der Waals surface area contributed by atoms with Gasteiger partial charge in [-0.3, -0.25) is 0 Å². The number of nitrogens with zero attached hydrogens (tertiary/aromatic N) is 1. The van der Waals surface area contributed by atoms with Gasteiger partial charge >= 0.3 is 0 Å². The van der Waals surface area contributed by atoms with Gasteiger partial charge in [-0.05, 0) is 12.8 Å². The molecule has 2 rings (SSSR count). The summed E-state index contributed by atoms with van der Waals surface area (Å²) in [4.78, 5) is 4.24. The van der Waals surface area contributed by atoms with Crippen molar-refractivity contribution < 1.29 is 4.74 Å². The number of thioether (sulfide) groups is 1. The standard InChI is InChI=1S/C8H11NOS2/c1-2-7(6-10-4-1)12-8-9-3-5-11-8/h3,5,7H,1-2,4,6H2. The molecule has 0 radical (unpaired) electrons. The second-order valence-corrected chi connectivity index (χ2v) is 5.20. The predicted octanol–water partition coefficient (Wildman–Crippen LogP) is 2.41. The van der Waals surface area contributed by atoms with Crippen LogP contribution in [-0.4, -0.2) is 23.4 Å². The molecule has 1 aliphatic heterocycles. The van der Waals surface area contributed by atoms with E-state index in [1.165, 1.54) is 17.2 Å². The predicted molar refractivity (Wildman–Crippen MR) is 51.8 cm³/mol. The lowest BCUT2D eigenvalue weighted by atomic mass is 10.2. The van der Waals surface area contributed by atoms with E-state index in [-0.39, 0.29) is 0 Å². The number of hydrogen-bond acceptors (Lipinski definition) is 4. The highest BCUT2D eigenvalue weighted by Gasteiger charge is 2.15. The zero-order valence-electron chi connectivity index (χ0n) is 6.73. The van der Waals surface area contributed by atoms with Crippen molar-refractivity contribution in [3.05, 3.63) is 11.6 Å². The largest absolute Gasteiger partial charge is 0.380 e. The molecule has 0 amide bonds. The molecule has 0 bridgehead atoms. The minimum atomic E-state index is 0.630. The van der Waals surface area contributed by atoms with Gasteiger partial charge in [0.2, 0.25) is 0 Å². The summed E-state index contributed by atoms with van der Waals surface area (Å²) < 4.78 is 6.56. The second kappa shape index (κ2) is 4.25. The maximum Gasteiger partial charge on any atom is 0.150 e. The molecule has 0 N–H and O–H groups in total. The van der Waals surface area contributed by atoms with Crippen LogP contribution in [0.1, 0.15) is 12.8 Å². The monoisotopic (exact) mass is 201 g/mol. The lowest BCUT2D eigenvalue weighted by Crippen LogP contribution is -2.18. The molecule has 1 unspecified atom stereocenters. The first-order valence-corrected chi connectivity index (χ1v) is 5.85. The lowest BCUT2D eigenvalue weighted by molar-refractivity contribution is 0.101. The van der Waals surface area contributed by atoms with E-state index in [9.17, 15) is 0 Å². The van der Waals surface area contributed by atoms with Crippen LogP contribution in [-0.2, 0) is 4.74 Å². The summed E-state index contributed by atoms with van der Waals surface area (Å²) in [5, 5.41) is 2.65. The summed E-state index contributed by atoms with van der Waals surface area (Å²) in [6, 6.07) is 0. The molecule has 0 aliphatic carbocycles. The Morgan fingerprint density at radius 2 is 2.67 bits per heavy atom. The smallest absolute Gasteiger partial charge is 0.150 e. The summed E-state index contributed by atoms with van der Waals surface area (Å²) in [5.41, 5.74) is 0. The molecule has 1 atom stereocenters. The normalized spacial score (nSPS) is 24.2. The van der Waals surface area contributed by atoms with E-state index in [0.717, 1.165) is 13.2 Å². The van der Waals surface area contributed by atoms with Gasteiger partial charge in [0, 0.05) is 23.4 Å². The van der Waals surface area contributed by atoms with Crippen molar-refractivity contribution in [3.63, 3.8) is 0 Å². The average molecular weight is 201 g/mol. The van der Waals surface area contributed by atoms with Gasteiger partial charge in [0.1, 0.15) is 4.34 Å². The molecule has 1 saturated heterocycles. The van der Waals surface area contributed by atoms with Crippen LogP contribution in [0.2, 0.25) is 0 Å². The van der Waals surface area contributed by atoms with Crippen LogP contribution in [0.5, 0.6) is 0 Å². The first kappa shape index (κ1) is 8.53.